The van der Waals surface area contributed by atoms with Gasteiger partial charge in [-0.3, -0.25) is 9.59 Å². The van der Waals surface area contributed by atoms with Crippen LogP contribution in [0.1, 0.15) is 37.7 Å². The van der Waals surface area contributed by atoms with Crippen molar-refractivity contribution in [1.29, 1.82) is 0 Å². The van der Waals surface area contributed by atoms with Crippen LogP contribution in [-0.4, -0.2) is 62.0 Å². The molecule has 28 heavy (non-hydrogen) atoms. The number of amides is 2. The number of carbonyl (C=O) groups excluding carboxylic acids is 2. The summed E-state index contributed by atoms with van der Waals surface area (Å²) < 4.78 is 10.6. The molecule has 6 nitrogen and oxygen atoms in total. The molecule has 0 atom stereocenters. The van der Waals surface area contributed by atoms with Gasteiger partial charge in [-0.25, -0.2) is 0 Å². The number of carbonyl (C=O) groups is 2. The lowest BCUT2D eigenvalue weighted by molar-refractivity contribution is -0.140. The van der Waals surface area contributed by atoms with E-state index in [1.54, 1.807) is 32.4 Å². The summed E-state index contributed by atoms with van der Waals surface area (Å²) >= 11 is 0. The molecule has 1 aromatic rings. The molecular weight excluding hydrogens is 356 g/mol. The third kappa shape index (κ3) is 4.86. The van der Waals surface area contributed by atoms with E-state index in [0.29, 0.717) is 24.6 Å². The highest BCUT2D eigenvalue weighted by Gasteiger charge is 2.30. The minimum Gasteiger partial charge on any atom is -0.497 e. The Morgan fingerprint density at radius 1 is 0.964 bits per heavy atom. The minimum atomic E-state index is -0.0262. The molecule has 0 radical (unpaired) electrons. The average molecular weight is 386 g/mol. The Labute approximate surface area is 167 Å². The largest absolute Gasteiger partial charge is 0.497 e. The highest BCUT2D eigenvalue weighted by molar-refractivity contribution is 5.92. The highest BCUT2D eigenvalue weighted by Crippen LogP contribution is 2.26. The molecule has 2 aliphatic heterocycles. The summed E-state index contributed by atoms with van der Waals surface area (Å²) in [6, 6.07) is 5.50. The number of hydrogen-bond acceptors (Lipinski definition) is 4. The predicted octanol–water partition coefficient (Wildman–Crippen LogP) is 2.97. The molecule has 3 rings (SSSR count). The average Bonchev–Trinajstić information content (AvgIpc) is 2.77. The van der Waals surface area contributed by atoms with Crippen molar-refractivity contribution >= 4 is 17.9 Å². The first-order chi connectivity index (χ1) is 13.6. The van der Waals surface area contributed by atoms with Crippen LogP contribution in [0.5, 0.6) is 11.5 Å². The van der Waals surface area contributed by atoms with Gasteiger partial charge in [-0.05, 0) is 50.3 Å². The fraction of sp³-hybridized carbons (Fsp3) is 0.545. The van der Waals surface area contributed by atoms with Crippen LogP contribution in [-0.2, 0) is 9.59 Å². The van der Waals surface area contributed by atoms with Crippen LogP contribution < -0.4 is 9.47 Å². The number of hydrogen-bond donors (Lipinski definition) is 0. The lowest BCUT2D eigenvalue weighted by atomic mass is 9.94. The SMILES string of the molecule is COc1ccc(/C=C/C(=O)N2CCC(C(=O)N3CCCCC3)CC2)c(OC)c1. The van der Waals surface area contributed by atoms with E-state index in [4.69, 9.17) is 9.47 Å². The quantitative estimate of drug-likeness (QED) is 0.730. The predicted molar refractivity (Wildman–Crippen MR) is 108 cm³/mol. The second-order valence-corrected chi connectivity index (χ2v) is 7.43. The van der Waals surface area contributed by atoms with E-state index in [9.17, 15) is 9.59 Å². The molecule has 2 saturated heterocycles. The molecule has 0 aromatic heterocycles. The van der Waals surface area contributed by atoms with E-state index in [0.717, 1.165) is 44.3 Å². The first-order valence-electron chi connectivity index (χ1n) is 10.1. The third-order valence-electron chi connectivity index (χ3n) is 5.67. The van der Waals surface area contributed by atoms with Gasteiger partial charge in [-0.1, -0.05) is 0 Å². The van der Waals surface area contributed by atoms with Crippen molar-refractivity contribution in [3.63, 3.8) is 0 Å². The Kier molecular flexibility index (Phi) is 6.95. The van der Waals surface area contributed by atoms with Gasteiger partial charge in [0, 0.05) is 49.8 Å². The van der Waals surface area contributed by atoms with Gasteiger partial charge in [-0.15, -0.1) is 0 Å². The Balaban J connectivity index is 1.54. The fourth-order valence-electron chi connectivity index (χ4n) is 3.94. The van der Waals surface area contributed by atoms with Gasteiger partial charge in [0.25, 0.3) is 0 Å². The molecule has 1 aromatic carbocycles. The minimum absolute atomic E-state index is 0.0262. The van der Waals surface area contributed by atoms with Crippen molar-refractivity contribution in [1.82, 2.24) is 9.80 Å². The van der Waals surface area contributed by atoms with Crippen molar-refractivity contribution < 1.29 is 19.1 Å². The van der Waals surface area contributed by atoms with E-state index in [2.05, 4.69) is 0 Å². The van der Waals surface area contributed by atoms with E-state index >= 15 is 0 Å². The van der Waals surface area contributed by atoms with Crippen LogP contribution >= 0.6 is 0 Å². The lowest BCUT2D eigenvalue weighted by Crippen LogP contribution is -2.45. The van der Waals surface area contributed by atoms with E-state index in [-0.39, 0.29) is 17.7 Å². The first kappa shape index (κ1) is 20.2. The van der Waals surface area contributed by atoms with Crippen LogP contribution in [0.4, 0.5) is 0 Å². The maximum atomic E-state index is 12.6. The number of ether oxygens (including phenoxy) is 2. The van der Waals surface area contributed by atoms with Gasteiger partial charge >= 0.3 is 0 Å². The van der Waals surface area contributed by atoms with Crippen molar-refractivity contribution in [2.45, 2.75) is 32.1 Å². The Hall–Kier alpha value is -2.50. The summed E-state index contributed by atoms with van der Waals surface area (Å²) in [7, 11) is 3.20. The third-order valence-corrected chi connectivity index (χ3v) is 5.67. The lowest BCUT2D eigenvalue weighted by Gasteiger charge is -2.35. The molecule has 0 bridgehead atoms. The highest BCUT2D eigenvalue weighted by atomic mass is 16.5. The smallest absolute Gasteiger partial charge is 0.246 e. The van der Waals surface area contributed by atoms with E-state index < -0.39 is 0 Å². The van der Waals surface area contributed by atoms with Crippen LogP contribution in [0.3, 0.4) is 0 Å². The number of rotatable bonds is 5. The summed E-state index contributed by atoms with van der Waals surface area (Å²) in [5.41, 5.74) is 0.826. The number of likely N-dealkylation sites (tertiary alicyclic amines) is 2. The van der Waals surface area contributed by atoms with Crippen molar-refractivity contribution in [3.05, 3.63) is 29.8 Å². The van der Waals surface area contributed by atoms with Crippen LogP contribution in [0.25, 0.3) is 6.08 Å². The van der Waals surface area contributed by atoms with Gasteiger partial charge in [0.1, 0.15) is 11.5 Å². The van der Waals surface area contributed by atoms with Gasteiger partial charge < -0.3 is 19.3 Å². The second kappa shape index (κ2) is 9.62. The molecule has 2 heterocycles. The van der Waals surface area contributed by atoms with Crippen LogP contribution in [0, 0.1) is 5.92 Å². The number of nitrogens with zero attached hydrogens (tertiary/aromatic N) is 2. The number of piperidine rings is 2. The molecule has 2 amide bonds. The molecule has 6 heteroatoms. The summed E-state index contributed by atoms with van der Waals surface area (Å²) in [5.74, 6) is 1.69. The zero-order valence-corrected chi connectivity index (χ0v) is 16.9. The fourth-order valence-corrected chi connectivity index (χ4v) is 3.94. The van der Waals surface area contributed by atoms with Crippen molar-refractivity contribution in [2.75, 3.05) is 40.4 Å². The molecule has 0 unspecified atom stereocenters. The van der Waals surface area contributed by atoms with Crippen LogP contribution in [0.15, 0.2) is 24.3 Å². The standard InChI is InChI=1S/C22H30N2O4/c1-27-19-8-6-17(20(16-19)28-2)7-9-21(25)23-14-10-18(11-15-23)22(26)24-12-4-3-5-13-24/h6-9,16,18H,3-5,10-15H2,1-2H3/b9-7+. The summed E-state index contributed by atoms with van der Waals surface area (Å²) in [5, 5.41) is 0. The van der Waals surface area contributed by atoms with Gasteiger partial charge in [0.05, 0.1) is 14.2 Å². The molecular formula is C22H30N2O4. The molecule has 0 spiro atoms. The zero-order valence-electron chi connectivity index (χ0n) is 16.9. The maximum absolute atomic E-state index is 12.6. The zero-order chi connectivity index (χ0) is 19.9. The molecule has 0 N–H and O–H groups in total. The molecule has 2 aliphatic rings. The summed E-state index contributed by atoms with van der Waals surface area (Å²) in [6.07, 6.45) is 8.30. The Morgan fingerprint density at radius 3 is 2.32 bits per heavy atom. The first-order valence-corrected chi connectivity index (χ1v) is 10.1. The van der Waals surface area contributed by atoms with Gasteiger partial charge in [-0.2, -0.15) is 0 Å². The van der Waals surface area contributed by atoms with E-state index in [1.807, 2.05) is 21.9 Å². The molecule has 2 fully saturated rings. The second-order valence-electron chi connectivity index (χ2n) is 7.43. The number of methoxy groups -OCH3 is 2. The summed E-state index contributed by atoms with van der Waals surface area (Å²) in [4.78, 5) is 29.0. The maximum Gasteiger partial charge on any atom is 0.246 e. The van der Waals surface area contributed by atoms with Crippen molar-refractivity contribution in [2.24, 2.45) is 5.92 Å². The van der Waals surface area contributed by atoms with Crippen molar-refractivity contribution in [3.8, 4) is 11.5 Å². The van der Waals surface area contributed by atoms with E-state index in [1.165, 1.54) is 6.42 Å². The van der Waals surface area contributed by atoms with Crippen LogP contribution in [0.2, 0.25) is 0 Å². The summed E-state index contributed by atoms with van der Waals surface area (Å²) in [6.45, 7) is 3.05. The van der Waals surface area contributed by atoms with Gasteiger partial charge in [0.2, 0.25) is 11.8 Å². The monoisotopic (exact) mass is 386 g/mol. The number of benzene rings is 1. The molecule has 152 valence electrons. The topological polar surface area (TPSA) is 59.1 Å². The normalized spacial score (nSPS) is 18.4. The Bertz CT molecular complexity index is 717. The molecule has 0 saturated carbocycles. The Morgan fingerprint density at radius 2 is 1.68 bits per heavy atom. The molecule has 0 aliphatic carbocycles. The van der Waals surface area contributed by atoms with Gasteiger partial charge in [0.15, 0.2) is 0 Å².